The van der Waals surface area contributed by atoms with Crippen molar-refractivity contribution >= 4 is 16.7 Å². The molecule has 0 spiro atoms. The van der Waals surface area contributed by atoms with Crippen LogP contribution in [-0.4, -0.2) is 28.8 Å². The Morgan fingerprint density at radius 2 is 1.68 bits per heavy atom. The molecule has 0 heterocycles. The van der Waals surface area contributed by atoms with Gasteiger partial charge in [0.25, 0.3) is 0 Å². The Bertz CT molecular complexity index is 853. The summed E-state index contributed by atoms with van der Waals surface area (Å²) in [6.07, 6.45) is 0.783. The molecule has 0 unspecified atom stereocenters. The molecule has 0 aliphatic carbocycles. The van der Waals surface area contributed by atoms with E-state index in [9.17, 15) is 15.0 Å². The van der Waals surface area contributed by atoms with Crippen LogP contribution in [0.2, 0.25) is 0 Å². The van der Waals surface area contributed by atoms with Gasteiger partial charge in [0.05, 0.1) is 19.1 Å². The molecule has 25 heavy (non-hydrogen) atoms. The van der Waals surface area contributed by atoms with Gasteiger partial charge < -0.3 is 15.5 Å². The molecule has 128 valence electrons. The predicted octanol–water partition coefficient (Wildman–Crippen LogP) is 2.81. The van der Waals surface area contributed by atoms with Crippen molar-refractivity contribution in [3.63, 3.8) is 0 Å². The van der Waals surface area contributed by atoms with Gasteiger partial charge in [-0.1, -0.05) is 54.6 Å². The van der Waals surface area contributed by atoms with E-state index < -0.39 is 0 Å². The Balaban J connectivity index is 1.66. The molecule has 3 aromatic rings. The van der Waals surface area contributed by atoms with Gasteiger partial charge in [0.15, 0.2) is 0 Å². The van der Waals surface area contributed by atoms with Crippen molar-refractivity contribution in [3.8, 4) is 5.75 Å². The largest absolute Gasteiger partial charge is 0.508 e. The Labute approximate surface area is 146 Å². The van der Waals surface area contributed by atoms with Crippen molar-refractivity contribution in [3.05, 3.63) is 77.9 Å². The van der Waals surface area contributed by atoms with E-state index in [-0.39, 0.29) is 30.7 Å². The summed E-state index contributed by atoms with van der Waals surface area (Å²) in [5.41, 5.74) is 1.92. The molecule has 3 aromatic carbocycles. The smallest absolute Gasteiger partial charge is 0.224 e. The SMILES string of the molecule is O=C(Cc1cccc2ccccc12)N[C@H](CO)Cc1ccc(O)cc1. The standard InChI is InChI=1S/C21H21NO3/c23-14-18(12-15-8-10-19(24)11-9-15)22-21(25)13-17-6-3-5-16-4-1-2-7-20(16)17/h1-11,18,23-24H,12-14H2,(H,22,25)/t18-/m0/s1. The molecule has 0 aliphatic rings. The van der Waals surface area contributed by atoms with E-state index in [2.05, 4.69) is 5.32 Å². The van der Waals surface area contributed by atoms with Crippen LogP contribution in [0, 0.1) is 0 Å². The molecule has 0 saturated carbocycles. The van der Waals surface area contributed by atoms with Crippen LogP contribution in [0.1, 0.15) is 11.1 Å². The zero-order chi connectivity index (χ0) is 17.6. The van der Waals surface area contributed by atoms with Gasteiger partial charge in [-0.2, -0.15) is 0 Å². The predicted molar refractivity (Wildman–Crippen MR) is 98.5 cm³/mol. The van der Waals surface area contributed by atoms with Crippen LogP contribution in [-0.2, 0) is 17.6 Å². The van der Waals surface area contributed by atoms with Gasteiger partial charge in [-0.05, 0) is 40.5 Å². The number of rotatable bonds is 6. The first-order chi connectivity index (χ1) is 12.2. The van der Waals surface area contributed by atoms with Crippen molar-refractivity contribution in [2.75, 3.05) is 6.61 Å². The number of hydrogen-bond acceptors (Lipinski definition) is 3. The fourth-order valence-corrected chi connectivity index (χ4v) is 2.98. The Morgan fingerprint density at radius 1 is 0.960 bits per heavy atom. The molecule has 0 aromatic heterocycles. The number of phenolic OH excluding ortho intramolecular Hbond substituents is 1. The van der Waals surface area contributed by atoms with Gasteiger partial charge in [-0.25, -0.2) is 0 Å². The summed E-state index contributed by atoms with van der Waals surface area (Å²) in [5, 5.41) is 24.0. The van der Waals surface area contributed by atoms with Gasteiger partial charge in [-0.15, -0.1) is 0 Å². The molecule has 3 N–H and O–H groups in total. The highest BCUT2D eigenvalue weighted by atomic mass is 16.3. The van der Waals surface area contributed by atoms with E-state index in [0.717, 1.165) is 21.9 Å². The number of fused-ring (bicyclic) bond motifs is 1. The molecular formula is C21H21NO3. The highest BCUT2D eigenvalue weighted by molar-refractivity contribution is 5.90. The lowest BCUT2D eigenvalue weighted by atomic mass is 10.0. The molecular weight excluding hydrogens is 314 g/mol. The molecule has 0 radical (unpaired) electrons. The Kier molecular flexibility index (Phi) is 5.31. The van der Waals surface area contributed by atoms with Crippen molar-refractivity contribution in [2.24, 2.45) is 0 Å². The topological polar surface area (TPSA) is 69.6 Å². The summed E-state index contributed by atoms with van der Waals surface area (Å²) in [6.45, 7) is -0.137. The van der Waals surface area contributed by atoms with E-state index in [1.165, 1.54) is 0 Å². The number of aliphatic hydroxyl groups excluding tert-OH is 1. The fraction of sp³-hybridized carbons (Fsp3) is 0.190. The molecule has 0 fully saturated rings. The van der Waals surface area contributed by atoms with Gasteiger partial charge in [0, 0.05) is 0 Å². The molecule has 4 heteroatoms. The summed E-state index contributed by atoms with van der Waals surface area (Å²) >= 11 is 0. The van der Waals surface area contributed by atoms with E-state index in [4.69, 9.17) is 0 Å². The number of aliphatic hydroxyl groups is 1. The Hall–Kier alpha value is -2.85. The lowest BCUT2D eigenvalue weighted by Gasteiger charge is -2.17. The molecule has 0 saturated heterocycles. The fourth-order valence-electron chi connectivity index (χ4n) is 2.98. The van der Waals surface area contributed by atoms with Crippen LogP contribution in [0.15, 0.2) is 66.7 Å². The first kappa shape index (κ1) is 17.0. The molecule has 1 amide bonds. The highest BCUT2D eigenvalue weighted by Crippen LogP contribution is 2.19. The van der Waals surface area contributed by atoms with Gasteiger partial charge in [0.1, 0.15) is 5.75 Å². The monoisotopic (exact) mass is 335 g/mol. The minimum Gasteiger partial charge on any atom is -0.508 e. The lowest BCUT2D eigenvalue weighted by Crippen LogP contribution is -2.39. The van der Waals surface area contributed by atoms with E-state index in [1.807, 2.05) is 42.5 Å². The number of hydrogen-bond donors (Lipinski definition) is 3. The number of carbonyl (C=O) groups is 1. The second kappa shape index (κ2) is 7.81. The van der Waals surface area contributed by atoms with E-state index in [1.54, 1.807) is 24.3 Å². The summed E-state index contributed by atoms with van der Waals surface area (Å²) in [4.78, 5) is 12.4. The number of phenols is 1. The maximum atomic E-state index is 12.4. The van der Waals surface area contributed by atoms with Crippen LogP contribution in [0.4, 0.5) is 0 Å². The van der Waals surface area contributed by atoms with Gasteiger partial charge >= 0.3 is 0 Å². The minimum atomic E-state index is -0.355. The summed E-state index contributed by atoms with van der Waals surface area (Å²) in [6, 6.07) is 20.3. The Morgan fingerprint density at radius 3 is 2.44 bits per heavy atom. The molecule has 4 nitrogen and oxygen atoms in total. The molecule has 3 rings (SSSR count). The number of amides is 1. The van der Waals surface area contributed by atoms with Gasteiger partial charge in [-0.3, -0.25) is 4.79 Å². The zero-order valence-corrected chi connectivity index (χ0v) is 13.9. The number of benzene rings is 3. The average molecular weight is 335 g/mol. The third-order valence-electron chi connectivity index (χ3n) is 4.23. The van der Waals surface area contributed by atoms with Crippen LogP contribution in [0.5, 0.6) is 5.75 Å². The summed E-state index contributed by atoms with van der Waals surface area (Å²) in [7, 11) is 0. The quantitative estimate of drug-likeness (QED) is 0.649. The van der Waals surface area contributed by atoms with Crippen molar-refractivity contribution in [1.82, 2.24) is 5.32 Å². The second-order valence-electron chi connectivity index (χ2n) is 6.13. The maximum Gasteiger partial charge on any atom is 0.224 e. The van der Waals surface area contributed by atoms with Crippen molar-refractivity contribution < 1.29 is 15.0 Å². The number of carbonyl (C=O) groups excluding carboxylic acids is 1. The lowest BCUT2D eigenvalue weighted by molar-refractivity contribution is -0.121. The third kappa shape index (κ3) is 4.37. The first-order valence-corrected chi connectivity index (χ1v) is 8.30. The van der Waals surface area contributed by atoms with Crippen LogP contribution < -0.4 is 5.32 Å². The minimum absolute atomic E-state index is 0.116. The summed E-state index contributed by atoms with van der Waals surface area (Å²) < 4.78 is 0. The number of nitrogens with one attached hydrogen (secondary N) is 1. The van der Waals surface area contributed by atoms with Gasteiger partial charge in [0.2, 0.25) is 5.91 Å². The maximum absolute atomic E-state index is 12.4. The molecule has 0 bridgehead atoms. The van der Waals surface area contributed by atoms with E-state index >= 15 is 0 Å². The molecule has 1 atom stereocenters. The molecule has 0 aliphatic heterocycles. The number of aromatic hydroxyl groups is 1. The normalized spacial score (nSPS) is 12.0. The zero-order valence-electron chi connectivity index (χ0n) is 13.9. The first-order valence-electron chi connectivity index (χ1n) is 8.30. The van der Waals surface area contributed by atoms with Crippen LogP contribution >= 0.6 is 0 Å². The van der Waals surface area contributed by atoms with Crippen molar-refractivity contribution in [2.45, 2.75) is 18.9 Å². The highest BCUT2D eigenvalue weighted by Gasteiger charge is 2.13. The summed E-state index contributed by atoms with van der Waals surface area (Å²) in [5.74, 6) is 0.0819. The van der Waals surface area contributed by atoms with Crippen LogP contribution in [0.3, 0.4) is 0 Å². The van der Waals surface area contributed by atoms with Crippen LogP contribution in [0.25, 0.3) is 10.8 Å². The average Bonchev–Trinajstić information content (AvgIpc) is 2.63. The second-order valence-corrected chi connectivity index (χ2v) is 6.13. The van der Waals surface area contributed by atoms with E-state index in [0.29, 0.717) is 6.42 Å². The van der Waals surface area contributed by atoms with Crippen molar-refractivity contribution in [1.29, 1.82) is 0 Å². The third-order valence-corrected chi connectivity index (χ3v) is 4.23.